The van der Waals surface area contributed by atoms with Crippen molar-refractivity contribution in [1.82, 2.24) is 4.98 Å². The number of rotatable bonds is 3. The largest absolute Gasteiger partial charge is 0.464 e. The molecule has 0 bridgehead atoms. The molecule has 0 aliphatic heterocycles. The van der Waals surface area contributed by atoms with Crippen LogP contribution in [0.5, 0.6) is 0 Å². The molecular formula is C11H8N2O5. The van der Waals surface area contributed by atoms with Crippen LogP contribution < -0.4 is 0 Å². The minimum atomic E-state index is -0.662. The molecule has 0 spiro atoms. The van der Waals surface area contributed by atoms with Crippen molar-refractivity contribution >= 4 is 11.7 Å². The van der Waals surface area contributed by atoms with Gasteiger partial charge in [-0.15, -0.1) is 0 Å². The molecule has 0 unspecified atom stereocenters. The Balaban J connectivity index is 2.49. The second-order valence-electron chi connectivity index (χ2n) is 3.33. The third-order valence-corrected chi connectivity index (χ3v) is 2.27. The Morgan fingerprint density at radius 2 is 2.28 bits per heavy atom. The quantitative estimate of drug-likeness (QED) is 0.468. The van der Waals surface area contributed by atoms with Crippen molar-refractivity contribution in [2.24, 2.45) is 0 Å². The minimum absolute atomic E-state index is 0.0157. The first-order chi connectivity index (χ1) is 8.63. The molecule has 2 aromatic rings. The van der Waals surface area contributed by atoms with E-state index in [0.717, 1.165) is 6.39 Å². The van der Waals surface area contributed by atoms with Gasteiger partial charge in [0, 0.05) is 17.7 Å². The standard InChI is InChI=1S/C11H8N2O5/c1-17-11(14)9-10(18-6-12-9)7-3-2-4-8(5-7)13(15)16/h2-6H,1H3. The highest BCUT2D eigenvalue weighted by Crippen LogP contribution is 2.26. The molecule has 0 saturated carbocycles. The smallest absolute Gasteiger partial charge is 0.360 e. The zero-order valence-electron chi connectivity index (χ0n) is 9.32. The highest BCUT2D eigenvalue weighted by atomic mass is 16.6. The number of hydrogen-bond acceptors (Lipinski definition) is 6. The summed E-state index contributed by atoms with van der Waals surface area (Å²) in [7, 11) is 1.22. The van der Waals surface area contributed by atoms with Crippen LogP contribution >= 0.6 is 0 Å². The number of benzene rings is 1. The maximum Gasteiger partial charge on any atom is 0.360 e. The van der Waals surface area contributed by atoms with E-state index in [2.05, 4.69) is 9.72 Å². The number of carbonyl (C=O) groups is 1. The van der Waals surface area contributed by atoms with Crippen LogP contribution in [0.25, 0.3) is 11.3 Å². The number of aromatic nitrogens is 1. The number of oxazole rings is 1. The molecule has 1 aromatic carbocycles. The van der Waals surface area contributed by atoms with Gasteiger partial charge >= 0.3 is 5.97 Å². The van der Waals surface area contributed by atoms with Gasteiger partial charge in [0.25, 0.3) is 5.69 Å². The number of hydrogen-bond donors (Lipinski definition) is 0. The Morgan fingerprint density at radius 3 is 2.94 bits per heavy atom. The number of non-ortho nitro benzene ring substituents is 1. The Morgan fingerprint density at radius 1 is 1.50 bits per heavy atom. The average Bonchev–Trinajstić information content (AvgIpc) is 2.87. The van der Waals surface area contributed by atoms with E-state index < -0.39 is 10.9 Å². The molecule has 1 aromatic heterocycles. The first-order valence-corrected chi connectivity index (χ1v) is 4.90. The number of nitro benzene ring substituents is 1. The van der Waals surface area contributed by atoms with E-state index in [1.165, 1.54) is 25.3 Å². The van der Waals surface area contributed by atoms with Gasteiger partial charge in [-0.2, -0.15) is 0 Å². The summed E-state index contributed by atoms with van der Waals surface area (Å²) in [6.45, 7) is 0. The van der Waals surface area contributed by atoms with Gasteiger partial charge in [0.2, 0.25) is 0 Å². The normalized spacial score (nSPS) is 10.1. The molecular weight excluding hydrogens is 240 g/mol. The lowest BCUT2D eigenvalue weighted by Gasteiger charge is -1.99. The summed E-state index contributed by atoms with van der Waals surface area (Å²) in [5, 5.41) is 10.7. The summed E-state index contributed by atoms with van der Waals surface area (Å²) in [5.41, 5.74) is 0.278. The summed E-state index contributed by atoms with van der Waals surface area (Å²) in [5.74, 6) is -0.518. The van der Waals surface area contributed by atoms with E-state index in [1.54, 1.807) is 6.07 Å². The second kappa shape index (κ2) is 4.66. The van der Waals surface area contributed by atoms with Crippen LogP contribution in [-0.2, 0) is 4.74 Å². The lowest BCUT2D eigenvalue weighted by atomic mass is 10.1. The van der Waals surface area contributed by atoms with Crippen molar-refractivity contribution in [3.63, 3.8) is 0 Å². The van der Waals surface area contributed by atoms with Gasteiger partial charge in [-0.1, -0.05) is 12.1 Å². The molecule has 7 heteroatoms. The van der Waals surface area contributed by atoms with E-state index in [9.17, 15) is 14.9 Å². The van der Waals surface area contributed by atoms with Crippen molar-refractivity contribution in [3.8, 4) is 11.3 Å². The van der Waals surface area contributed by atoms with Crippen molar-refractivity contribution in [1.29, 1.82) is 0 Å². The number of nitro groups is 1. The first kappa shape index (κ1) is 11.8. The molecule has 1 heterocycles. The predicted molar refractivity (Wildman–Crippen MR) is 59.9 cm³/mol. The molecule has 7 nitrogen and oxygen atoms in total. The van der Waals surface area contributed by atoms with Crippen LogP contribution in [0.3, 0.4) is 0 Å². The third kappa shape index (κ3) is 2.05. The van der Waals surface area contributed by atoms with Crippen LogP contribution in [0.1, 0.15) is 10.5 Å². The Kier molecular flexibility index (Phi) is 3.05. The topological polar surface area (TPSA) is 95.5 Å². The van der Waals surface area contributed by atoms with Crippen LogP contribution in [0, 0.1) is 10.1 Å². The SMILES string of the molecule is COC(=O)c1ncoc1-c1cccc([N+](=O)[O-])c1. The molecule has 0 aliphatic carbocycles. The first-order valence-electron chi connectivity index (χ1n) is 4.90. The second-order valence-corrected chi connectivity index (χ2v) is 3.33. The maximum atomic E-state index is 11.4. The summed E-state index contributed by atoms with van der Waals surface area (Å²) in [6, 6.07) is 5.72. The van der Waals surface area contributed by atoms with Gasteiger partial charge in [0.05, 0.1) is 12.0 Å². The van der Waals surface area contributed by atoms with E-state index in [1.807, 2.05) is 0 Å². The van der Waals surface area contributed by atoms with Gasteiger partial charge in [-0.05, 0) is 0 Å². The highest BCUT2D eigenvalue weighted by Gasteiger charge is 2.20. The Labute approximate surface area is 101 Å². The molecule has 18 heavy (non-hydrogen) atoms. The molecule has 0 radical (unpaired) electrons. The van der Waals surface area contributed by atoms with E-state index in [-0.39, 0.29) is 17.1 Å². The van der Waals surface area contributed by atoms with Gasteiger partial charge < -0.3 is 9.15 Å². The van der Waals surface area contributed by atoms with Crippen LogP contribution in [0.2, 0.25) is 0 Å². The molecule has 0 aliphatic rings. The number of methoxy groups -OCH3 is 1. The van der Waals surface area contributed by atoms with Crippen LogP contribution in [0.15, 0.2) is 35.1 Å². The molecule has 0 saturated heterocycles. The van der Waals surface area contributed by atoms with E-state index >= 15 is 0 Å². The van der Waals surface area contributed by atoms with Gasteiger partial charge in [0.1, 0.15) is 0 Å². The molecule has 2 rings (SSSR count). The number of nitrogens with zero attached hydrogens (tertiary/aromatic N) is 2. The third-order valence-electron chi connectivity index (χ3n) is 2.27. The zero-order valence-corrected chi connectivity index (χ0v) is 9.32. The minimum Gasteiger partial charge on any atom is -0.464 e. The van der Waals surface area contributed by atoms with Crippen LogP contribution in [0.4, 0.5) is 5.69 Å². The fourth-order valence-corrected chi connectivity index (χ4v) is 1.45. The van der Waals surface area contributed by atoms with Crippen molar-refractivity contribution in [2.45, 2.75) is 0 Å². The number of carbonyl (C=O) groups excluding carboxylic acids is 1. The monoisotopic (exact) mass is 248 g/mol. The van der Waals surface area contributed by atoms with E-state index in [0.29, 0.717) is 5.56 Å². The summed E-state index contributed by atoms with van der Waals surface area (Å²) >= 11 is 0. The predicted octanol–water partition coefficient (Wildman–Crippen LogP) is 2.04. The highest BCUT2D eigenvalue weighted by molar-refractivity contribution is 5.93. The number of esters is 1. The van der Waals surface area contributed by atoms with Crippen molar-refractivity contribution < 1.29 is 18.9 Å². The fraction of sp³-hybridized carbons (Fsp3) is 0.0909. The van der Waals surface area contributed by atoms with Crippen LogP contribution in [-0.4, -0.2) is 23.0 Å². The average molecular weight is 248 g/mol. The summed E-state index contributed by atoms with van der Waals surface area (Å²) in [4.78, 5) is 25.3. The molecule has 0 fully saturated rings. The van der Waals surface area contributed by atoms with Gasteiger partial charge in [-0.25, -0.2) is 9.78 Å². The summed E-state index contributed by atoms with van der Waals surface area (Å²) < 4.78 is 9.61. The van der Waals surface area contributed by atoms with Crippen molar-refractivity contribution in [2.75, 3.05) is 7.11 Å². The Bertz CT molecular complexity index is 605. The van der Waals surface area contributed by atoms with Gasteiger partial charge in [-0.3, -0.25) is 10.1 Å². The number of ether oxygens (including phenoxy) is 1. The zero-order chi connectivity index (χ0) is 13.1. The van der Waals surface area contributed by atoms with E-state index in [4.69, 9.17) is 4.42 Å². The maximum absolute atomic E-state index is 11.4. The van der Waals surface area contributed by atoms with Crippen molar-refractivity contribution in [3.05, 3.63) is 46.5 Å². The summed E-state index contributed by atoms with van der Waals surface area (Å²) in [6.07, 6.45) is 1.08. The lowest BCUT2D eigenvalue weighted by molar-refractivity contribution is -0.384. The van der Waals surface area contributed by atoms with Gasteiger partial charge in [0.15, 0.2) is 17.8 Å². The molecule has 0 amide bonds. The molecule has 0 N–H and O–H groups in total. The molecule has 0 atom stereocenters. The Hall–Kier alpha value is -2.70. The molecule has 92 valence electrons. The fourth-order valence-electron chi connectivity index (χ4n) is 1.45. The lowest BCUT2D eigenvalue weighted by Crippen LogP contribution is -2.03.